The average molecular weight is 504 g/mol. The first-order valence-corrected chi connectivity index (χ1v) is 11.2. The maximum atomic E-state index is 12.8. The van der Waals surface area contributed by atoms with Gasteiger partial charge < -0.3 is 9.84 Å². The molecule has 2 aromatic carbocycles. The average Bonchev–Trinajstić information content (AvgIpc) is 3.41. The highest BCUT2D eigenvalue weighted by molar-refractivity contribution is 7.15. The third-order valence-electron chi connectivity index (χ3n) is 5.35. The number of aryl methyl sites for hydroxylation is 2. The van der Waals surface area contributed by atoms with Crippen LogP contribution in [0.15, 0.2) is 48.5 Å². The minimum atomic E-state index is -4.38. The van der Waals surface area contributed by atoms with Crippen molar-refractivity contribution < 1.29 is 27.8 Å². The molecule has 1 unspecified atom stereocenters. The maximum Gasteiger partial charge on any atom is 0.416 e. The van der Waals surface area contributed by atoms with Crippen molar-refractivity contribution in [3.8, 4) is 16.3 Å². The first-order chi connectivity index (χ1) is 16.6. The number of hydrogen-bond acceptors (Lipinski definition) is 7. The molecule has 0 aliphatic carbocycles. The van der Waals surface area contributed by atoms with Gasteiger partial charge in [0.15, 0.2) is 5.82 Å². The third kappa shape index (κ3) is 5.65. The summed E-state index contributed by atoms with van der Waals surface area (Å²) >= 11 is 1.35. The molecule has 1 atom stereocenters. The van der Waals surface area contributed by atoms with Crippen LogP contribution in [-0.4, -0.2) is 36.3 Å². The van der Waals surface area contributed by atoms with E-state index in [1.807, 2.05) is 6.92 Å². The maximum absolute atomic E-state index is 12.8. The highest BCUT2D eigenvalue weighted by atomic mass is 32.1. The molecule has 4 rings (SSSR count). The minimum absolute atomic E-state index is 0.165. The number of carboxylic acids is 1. The predicted octanol–water partition coefficient (Wildman–Crippen LogP) is 4.85. The van der Waals surface area contributed by atoms with Crippen molar-refractivity contribution >= 4 is 17.3 Å². The Kier molecular flexibility index (Phi) is 6.83. The van der Waals surface area contributed by atoms with E-state index in [0.717, 1.165) is 28.3 Å². The molecule has 0 saturated carbocycles. The molecule has 35 heavy (non-hydrogen) atoms. The number of aromatic nitrogens is 5. The number of alkyl halides is 3. The molecule has 0 fully saturated rings. The zero-order valence-electron chi connectivity index (χ0n) is 18.7. The highest BCUT2D eigenvalue weighted by Crippen LogP contribution is 2.33. The Bertz CT molecular complexity index is 1320. The van der Waals surface area contributed by atoms with E-state index in [9.17, 15) is 23.1 Å². The summed E-state index contributed by atoms with van der Waals surface area (Å²) in [6.07, 6.45) is -4.55. The van der Waals surface area contributed by atoms with Crippen LogP contribution in [0.5, 0.6) is 5.75 Å². The molecule has 2 aromatic heterocycles. The van der Waals surface area contributed by atoms with Gasteiger partial charge in [-0.15, -0.1) is 16.4 Å². The second-order valence-electron chi connectivity index (χ2n) is 7.77. The number of ether oxygens (including phenoxy) is 1. The lowest BCUT2D eigenvalue weighted by Crippen LogP contribution is -2.13. The van der Waals surface area contributed by atoms with Gasteiger partial charge in [0.25, 0.3) is 0 Å². The van der Waals surface area contributed by atoms with Gasteiger partial charge in [-0.2, -0.15) is 13.2 Å². The highest BCUT2D eigenvalue weighted by Gasteiger charge is 2.30. The van der Waals surface area contributed by atoms with Gasteiger partial charge in [-0.25, -0.2) is 9.67 Å². The van der Waals surface area contributed by atoms with E-state index >= 15 is 0 Å². The van der Waals surface area contributed by atoms with Crippen LogP contribution in [0.2, 0.25) is 0 Å². The Hall–Kier alpha value is -3.80. The molecule has 0 saturated heterocycles. The first kappa shape index (κ1) is 24.3. The number of thiazole rings is 1. The first-order valence-electron chi connectivity index (χ1n) is 10.4. The van der Waals surface area contributed by atoms with E-state index in [4.69, 9.17) is 4.74 Å². The Morgan fingerprint density at radius 2 is 1.83 bits per heavy atom. The van der Waals surface area contributed by atoms with Gasteiger partial charge in [0.2, 0.25) is 0 Å². The predicted molar refractivity (Wildman–Crippen MR) is 121 cm³/mol. The van der Waals surface area contributed by atoms with Crippen LogP contribution < -0.4 is 4.74 Å². The van der Waals surface area contributed by atoms with Crippen LogP contribution in [0.4, 0.5) is 13.2 Å². The zero-order valence-corrected chi connectivity index (χ0v) is 19.5. The molecule has 4 aromatic rings. The zero-order chi connectivity index (χ0) is 25.2. The molecule has 12 heteroatoms. The standard InChI is InChI=1S/C23H20F3N5O3S/c1-13-19(35-22(27-13)15-3-7-16(8-4-15)23(24,25)26)12-34-17-9-5-14(6-10-17)18(11-20(32)33)21-28-29-30-31(21)2/h3-10,18H,11-12H2,1-2H3,(H,32,33). The SMILES string of the molecule is Cc1nc(-c2ccc(C(F)(F)F)cc2)sc1COc1ccc(C(CC(=O)O)c2nnnn2C)cc1. The van der Waals surface area contributed by atoms with Gasteiger partial charge in [0.1, 0.15) is 17.4 Å². The van der Waals surface area contributed by atoms with Crippen molar-refractivity contribution in [1.29, 1.82) is 0 Å². The summed E-state index contributed by atoms with van der Waals surface area (Å²) in [4.78, 5) is 16.7. The number of tetrazole rings is 1. The second kappa shape index (κ2) is 9.82. The number of carboxylic acid groups (broad SMARTS) is 1. The van der Waals surface area contributed by atoms with E-state index < -0.39 is 23.6 Å². The smallest absolute Gasteiger partial charge is 0.416 e. The van der Waals surface area contributed by atoms with Gasteiger partial charge in [-0.1, -0.05) is 24.3 Å². The van der Waals surface area contributed by atoms with Gasteiger partial charge in [0.05, 0.1) is 28.5 Å². The molecule has 8 nitrogen and oxygen atoms in total. The lowest BCUT2D eigenvalue weighted by atomic mass is 9.95. The largest absolute Gasteiger partial charge is 0.488 e. The topological polar surface area (TPSA) is 103 Å². The van der Waals surface area contributed by atoms with Crippen molar-refractivity contribution in [3.05, 3.63) is 76.1 Å². The molecule has 0 radical (unpaired) electrons. The van der Waals surface area contributed by atoms with Crippen LogP contribution in [0, 0.1) is 6.92 Å². The van der Waals surface area contributed by atoms with E-state index in [0.29, 0.717) is 22.1 Å². The lowest BCUT2D eigenvalue weighted by Gasteiger charge is -2.14. The van der Waals surface area contributed by atoms with E-state index in [2.05, 4.69) is 20.5 Å². The summed E-state index contributed by atoms with van der Waals surface area (Å²) in [5, 5.41) is 21.2. The number of nitrogens with zero attached hydrogens (tertiary/aromatic N) is 5. The Morgan fingerprint density at radius 1 is 1.14 bits per heavy atom. The molecule has 2 heterocycles. The Balaban J connectivity index is 1.45. The normalized spacial score (nSPS) is 12.5. The molecular weight excluding hydrogens is 483 g/mol. The van der Waals surface area contributed by atoms with Gasteiger partial charge in [0, 0.05) is 12.6 Å². The van der Waals surface area contributed by atoms with Crippen molar-refractivity contribution in [2.45, 2.75) is 32.0 Å². The van der Waals surface area contributed by atoms with Crippen LogP contribution in [-0.2, 0) is 24.6 Å². The van der Waals surface area contributed by atoms with Crippen molar-refractivity contribution in [2.75, 3.05) is 0 Å². The molecule has 0 amide bonds. The van der Waals surface area contributed by atoms with E-state index in [1.54, 1.807) is 31.3 Å². The number of benzene rings is 2. The molecule has 0 bridgehead atoms. The lowest BCUT2D eigenvalue weighted by molar-refractivity contribution is -0.138. The number of hydrogen-bond donors (Lipinski definition) is 1. The Morgan fingerprint density at radius 3 is 2.40 bits per heavy atom. The quantitative estimate of drug-likeness (QED) is 0.367. The minimum Gasteiger partial charge on any atom is -0.488 e. The number of rotatable bonds is 8. The molecule has 182 valence electrons. The van der Waals surface area contributed by atoms with Crippen LogP contribution in [0.3, 0.4) is 0 Å². The molecular formula is C23H20F3N5O3S. The molecule has 0 aliphatic rings. The summed E-state index contributed by atoms with van der Waals surface area (Å²) in [5.41, 5.74) is 1.36. The Labute approximate surface area is 202 Å². The monoisotopic (exact) mass is 503 g/mol. The van der Waals surface area contributed by atoms with E-state index in [1.165, 1.54) is 28.2 Å². The van der Waals surface area contributed by atoms with Crippen molar-refractivity contribution in [3.63, 3.8) is 0 Å². The summed E-state index contributed by atoms with van der Waals surface area (Å²) in [7, 11) is 1.65. The van der Waals surface area contributed by atoms with Crippen LogP contribution in [0.25, 0.3) is 10.6 Å². The van der Waals surface area contributed by atoms with Crippen molar-refractivity contribution in [1.82, 2.24) is 25.2 Å². The molecule has 0 spiro atoms. The van der Waals surface area contributed by atoms with Gasteiger partial charge >= 0.3 is 12.1 Å². The van der Waals surface area contributed by atoms with Crippen LogP contribution in [0.1, 0.15) is 39.9 Å². The summed E-state index contributed by atoms with van der Waals surface area (Å²) in [6.45, 7) is 2.05. The van der Waals surface area contributed by atoms with Gasteiger partial charge in [-0.3, -0.25) is 4.79 Å². The summed E-state index contributed by atoms with van der Waals surface area (Å²) < 4.78 is 45.7. The van der Waals surface area contributed by atoms with Crippen LogP contribution >= 0.6 is 11.3 Å². The molecule has 0 aliphatic heterocycles. The second-order valence-corrected chi connectivity index (χ2v) is 8.86. The van der Waals surface area contributed by atoms with Gasteiger partial charge in [-0.05, 0) is 47.2 Å². The van der Waals surface area contributed by atoms with E-state index in [-0.39, 0.29) is 13.0 Å². The number of halogens is 3. The fourth-order valence-corrected chi connectivity index (χ4v) is 4.48. The van der Waals surface area contributed by atoms with Crippen molar-refractivity contribution in [2.24, 2.45) is 7.05 Å². The fourth-order valence-electron chi connectivity index (χ4n) is 3.50. The number of aliphatic carboxylic acids is 1. The molecule has 1 N–H and O–H groups in total. The summed E-state index contributed by atoms with van der Waals surface area (Å²) in [5.74, 6) is -0.473. The fraction of sp³-hybridized carbons (Fsp3) is 0.261. The number of carbonyl (C=O) groups is 1. The third-order valence-corrected chi connectivity index (χ3v) is 6.53. The summed E-state index contributed by atoms with van der Waals surface area (Å²) in [6, 6.07) is 11.9.